The van der Waals surface area contributed by atoms with Crippen LogP contribution in [0.2, 0.25) is 0 Å². The summed E-state index contributed by atoms with van der Waals surface area (Å²) < 4.78 is 7.12. The van der Waals surface area contributed by atoms with Crippen LogP contribution < -0.4 is 10.9 Å². The van der Waals surface area contributed by atoms with Crippen LogP contribution in [-0.2, 0) is 16.0 Å². The highest BCUT2D eigenvalue weighted by atomic mass is 32.2. The quantitative estimate of drug-likeness (QED) is 0.275. The minimum absolute atomic E-state index is 0.181. The molecule has 1 aliphatic rings. The molecule has 1 N–H and O–H groups in total. The Balaban J connectivity index is 1.61. The van der Waals surface area contributed by atoms with E-state index in [0.29, 0.717) is 46.0 Å². The van der Waals surface area contributed by atoms with Crippen molar-refractivity contribution >= 4 is 51.7 Å². The molecule has 0 saturated carbocycles. The molecule has 7 nitrogen and oxygen atoms in total. The molecule has 1 amide bonds. The molecule has 1 fully saturated rings. The number of methoxy groups -OCH3 is 1. The van der Waals surface area contributed by atoms with Crippen molar-refractivity contribution in [3.63, 3.8) is 0 Å². The number of nitrogens with one attached hydrogen (secondary N) is 1. The Labute approximate surface area is 207 Å². The van der Waals surface area contributed by atoms with Crippen LogP contribution in [0.3, 0.4) is 0 Å². The molecule has 34 heavy (non-hydrogen) atoms. The van der Waals surface area contributed by atoms with Crippen LogP contribution in [0.1, 0.15) is 23.1 Å². The van der Waals surface area contributed by atoms with E-state index in [0.717, 1.165) is 18.4 Å². The number of aromatic nitrogens is 2. The smallest absolute Gasteiger partial charge is 0.267 e. The zero-order valence-electron chi connectivity index (χ0n) is 19.1. The van der Waals surface area contributed by atoms with Gasteiger partial charge < -0.3 is 10.1 Å². The third-order valence-corrected chi connectivity index (χ3v) is 6.82. The predicted octanol–water partition coefficient (Wildman–Crippen LogP) is 3.90. The van der Waals surface area contributed by atoms with Crippen molar-refractivity contribution in [2.75, 3.05) is 32.1 Å². The van der Waals surface area contributed by atoms with Crippen molar-refractivity contribution in [1.29, 1.82) is 0 Å². The standard InChI is InChI=1S/C25H26N4O3S2/c1-17-10-11-21-27-22(26-12-14-32-2)19(23(30)29(21)16-17)15-20-24(31)28(25(33)34-20)13-6-9-18-7-4-3-5-8-18/h3-5,7-8,10-11,15-16,26H,6,9,12-14H2,1-2H3. The zero-order chi connectivity index (χ0) is 24.1. The largest absolute Gasteiger partial charge is 0.383 e. The second kappa shape index (κ2) is 10.9. The summed E-state index contributed by atoms with van der Waals surface area (Å²) in [6.07, 6.45) is 5.01. The van der Waals surface area contributed by atoms with E-state index in [1.807, 2.05) is 31.2 Å². The lowest BCUT2D eigenvalue weighted by molar-refractivity contribution is -0.122. The molecule has 3 aromatic rings. The third kappa shape index (κ3) is 5.38. The van der Waals surface area contributed by atoms with Crippen molar-refractivity contribution in [2.24, 2.45) is 0 Å². The molecule has 0 atom stereocenters. The Kier molecular flexibility index (Phi) is 7.77. The zero-order valence-corrected chi connectivity index (χ0v) is 20.7. The van der Waals surface area contributed by atoms with Crippen molar-refractivity contribution < 1.29 is 9.53 Å². The highest BCUT2D eigenvalue weighted by Crippen LogP contribution is 2.33. The molecule has 0 radical (unpaired) electrons. The highest BCUT2D eigenvalue weighted by molar-refractivity contribution is 8.26. The SMILES string of the molecule is COCCNc1nc2ccc(C)cn2c(=O)c1C=C1SC(=S)N(CCCc2ccccc2)C1=O. The maximum atomic E-state index is 13.4. The molecule has 2 aromatic heterocycles. The number of thioether (sulfide) groups is 1. The molecule has 3 heterocycles. The number of rotatable bonds is 9. The maximum Gasteiger partial charge on any atom is 0.267 e. The van der Waals surface area contributed by atoms with Crippen LogP contribution >= 0.6 is 24.0 Å². The van der Waals surface area contributed by atoms with Gasteiger partial charge in [0, 0.05) is 26.4 Å². The van der Waals surface area contributed by atoms with Gasteiger partial charge in [-0.15, -0.1) is 0 Å². The number of pyridine rings is 1. The van der Waals surface area contributed by atoms with E-state index in [-0.39, 0.29) is 11.5 Å². The average molecular weight is 495 g/mol. The summed E-state index contributed by atoms with van der Waals surface area (Å²) in [5.74, 6) is 0.236. The highest BCUT2D eigenvalue weighted by Gasteiger charge is 2.32. The minimum atomic E-state index is -0.247. The first-order chi connectivity index (χ1) is 16.5. The van der Waals surface area contributed by atoms with E-state index in [1.165, 1.54) is 21.7 Å². The van der Waals surface area contributed by atoms with Crippen molar-refractivity contribution in [3.8, 4) is 0 Å². The third-order valence-electron chi connectivity index (χ3n) is 5.44. The lowest BCUT2D eigenvalue weighted by Gasteiger charge is -2.14. The normalized spacial score (nSPS) is 15.0. The maximum absolute atomic E-state index is 13.4. The second-order valence-electron chi connectivity index (χ2n) is 7.96. The number of hydrogen-bond acceptors (Lipinski definition) is 7. The fourth-order valence-electron chi connectivity index (χ4n) is 3.70. The van der Waals surface area contributed by atoms with Crippen LogP contribution in [0.25, 0.3) is 11.7 Å². The monoisotopic (exact) mass is 494 g/mol. The van der Waals surface area contributed by atoms with Crippen LogP contribution in [0, 0.1) is 6.92 Å². The fourth-order valence-corrected chi connectivity index (χ4v) is 5.00. The number of fused-ring (bicyclic) bond motifs is 1. The van der Waals surface area contributed by atoms with Crippen molar-refractivity contribution in [2.45, 2.75) is 19.8 Å². The Morgan fingerprint density at radius 3 is 2.74 bits per heavy atom. The number of aryl methyl sites for hydroxylation is 2. The van der Waals surface area contributed by atoms with Gasteiger partial charge >= 0.3 is 0 Å². The lowest BCUT2D eigenvalue weighted by atomic mass is 10.1. The number of hydrogen-bond donors (Lipinski definition) is 1. The number of nitrogens with zero attached hydrogens (tertiary/aromatic N) is 3. The summed E-state index contributed by atoms with van der Waals surface area (Å²) in [4.78, 5) is 33.2. The summed E-state index contributed by atoms with van der Waals surface area (Å²) in [5, 5.41) is 3.16. The topological polar surface area (TPSA) is 75.9 Å². The molecule has 1 aromatic carbocycles. The summed E-state index contributed by atoms with van der Waals surface area (Å²) in [6, 6.07) is 13.9. The Morgan fingerprint density at radius 2 is 1.97 bits per heavy atom. The molecule has 176 valence electrons. The first-order valence-electron chi connectivity index (χ1n) is 11.0. The van der Waals surface area contributed by atoms with Gasteiger partial charge in [0.2, 0.25) is 0 Å². The predicted molar refractivity (Wildman–Crippen MR) is 141 cm³/mol. The average Bonchev–Trinajstić information content (AvgIpc) is 3.10. The van der Waals surface area contributed by atoms with Crippen LogP contribution in [0.4, 0.5) is 5.82 Å². The van der Waals surface area contributed by atoms with Crippen molar-refractivity contribution in [3.05, 3.63) is 80.6 Å². The van der Waals surface area contributed by atoms with Gasteiger partial charge in [-0.3, -0.25) is 18.9 Å². The van der Waals surface area contributed by atoms with Gasteiger partial charge in [-0.25, -0.2) is 4.98 Å². The van der Waals surface area contributed by atoms with Crippen LogP contribution in [0.15, 0.2) is 58.4 Å². The summed E-state index contributed by atoms with van der Waals surface area (Å²) in [7, 11) is 1.61. The first-order valence-corrected chi connectivity index (χ1v) is 12.3. The number of thiocarbonyl (C=S) groups is 1. The van der Waals surface area contributed by atoms with Gasteiger partial charge in [0.25, 0.3) is 11.5 Å². The minimum Gasteiger partial charge on any atom is -0.383 e. The number of ether oxygens (including phenoxy) is 1. The van der Waals surface area contributed by atoms with E-state index in [2.05, 4.69) is 22.4 Å². The number of amides is 1. The van der Waals surface area contributed by atoms with Gasteiger partial charge in [0.15, 0.2) is 0 Å². The molecule has 0 aliphatic carbocycles. The van der Waals surface area contributed by atoms with E-state index >= 15 is 0 Å². The molecule has 0 spiro atoms. The molecular formula is C25H26N4O3S2. The number of carbonyl (C=O) groups is 1. The van der Waals surface area contributed by atoms with Gasteiger partial charge in [0.05, 0.1) is 17.1 Å². The van der Waals surface area contributed by atoms with E-state index < -0.39 is 0 Å². The number of anilines is 1. The van der Waals surface area contributed by atoms with Crippen molar-refractivity contribution in [1.82, 2.24) is 14.3 Å². The Morgan fingerprint density at radius 1 is 1.18 bits per heavy atom. The molecule has 1 aliphatic heterocycles. The molecule has 0 unspecified atom stereocenters. The molecule has 0 bridgehead atoms. The van der Waals surface area contributed by atoms with Gasteiger partial charge in [-0.05, 0) is 43.0 Å². The van der Waals surface area contributed by atoms with Gasteiger partial charge in [-0.2, -0.15) is 0 Å². The summed E-state index contributed by atoms with van der Waals surface area (Å²) >= 11 is 6.70. The fraction of sp³-hybridized carbons (Fsp3) is 0.280. The molecular weight excluding hydrogens is 468 g/mol. The van der Waals surface area contributed by atoms with E-state index in [9.17, 15) is 9.59 Å². The molecule has 4 rings (SSSR count). The Hall–Kier alpha value is -3.01. The summed E-state index contributed by atoms with van der Waals surface area (Å²) in [6.45, 7) is 3.38. The van der Waals surface area contributed by atoms with Crippen LogP contribution in [-0.4, -0.2) is 51.3 Å². The van der Waals surface area contributed by atoms with Gasteiger partial charge in [0.1, 0.15) is 15.8 Å². The lowest BCUT2D eigenvalue weighted by Crippen LogP contribution is -2.29. The van der Waals surface area contributed by atoms with E-state index in [1.54, 1.807) is 30.3 Å². The number of carbonyl (C=O) groups excluding carboxylic acids is 1. The van der Waals surface area contributed by atoms with Crippen LogP contribution in [0.5, 0.6) is 0 Å². The first kappa shape index (κ1) is 24.1. The number of benzene rings is 1. The van der Waals surface area contributed by atoms with Gasteiger partial charge in [-0.1, -0.05) is 60.4 Å². The summed E-state index contributed by atoms with van der Waals surface area (Å²) in [5.41, 5.74) is 2.76. The Bertz CT molecular complexity index is 1300. The molecule has 9 heteroatoms. The molecule has 1 saturated heterocycles. The second-order valence-corrected chi connectivity index (χ2v) is 9.63. The van der Waals surface area contributed by atoms with E-state index in [4.69, 9.17) is 17.0 Å².